The Morgan fingerprint density at radius 3 is 2.61 bits per heavy atom. The Balaban J connectivity index is 1.41. The van der Waals surface area contributed by atoms with Gasteiger partial charge in [0.2, 0.25) is 12.6 Å². The number of furan rings is 1. The zero-order valence-corrected chi connectivity index (χ0v) is 18.1. The van der Waals surface area contributed by atoms with Gasteiger partial charge in [-0.05, 0) is 67.4 Å². The van der Waals surface area contributed by atoms with Crippen molar-refractivity contribution in [3.05, 3.63) is 83.1 Å². The molecule has 0 radical (unpaired) electrons. The van der Waals surface area contributed by atoms with Gasteiger partial charge in [0.1, 0.15) is 11.3 Å². The van der Waals surface area contributed by atoms with Gasteiger partial charge in [-0.1, -0.05) is 18.2 Å². The minimum atomic E-state index is -0.403. The Morgan fingerprint density at radius 1 is 0.939 bits per heavy atom. The number of para-hydroxylation sites is 1. The second-order valence-electron chi connectivity index (χ2n) is 7.78. The van der Waals surface area contributed by atoms with Crippen molar-refractivity contribution in [2.24, 2.45) is 0 Å². The van der Waals surface area contributed by atoms with Crippen molar-refractivity contribution in [3.63, 3.8) is 0 Å². The molecule has 166 valence electrons. The number of anilines is 1. The molecule has 0 bridgehead atoms. The average molecular weight is 443 g/mol. The van der Waals surface area contributed by atoms with E-state index in [0.717, 1.165) is 11.1 Å². The van der Waals surface area contributed by atoms with Crippen molar-refractivity contribution in [2.45, 2.75) is 13.8 Å². The minimum Gasteiger partial charge on any atom is -0.484 e. The number of hydrogen-bond acceptors (Lipinski definition) is 6. The summed E-state index contributed by atoms with van der Waals surface area (Å²) in [6.07, 6.45) is 0. The molecule has 1 aliphatic rings. The van der Waals surface area contributed by atoms with E-state index < -0.39 is 5.91 Å². The maximum absolute atomic E-state index is 13.3. The molecule has 0 spiro atoms. The number of nitrogens with one attached hydrogen (secondary N) is 1. The number of rotatable bonds is 6. The van der Waals surface area contributed by atoms with Gasteiger partial charge >= 0.3 is 0 Å². The van der Waals surface area contributed by atoms with Crippen LogP contribution in [0.15, 0.2) is 65.1 Å². The maximum Gasteiger partial charge on any atom is 0.262 e. The van der Waals surface area contributed by atoms with Crippen molar-refractivity contribution in [1.29, 1.82) is 0 Å². The molecule has 7 heteroatoms. The van der Waals surface area contributed by atoms with Crippen LogP contribution < -0.4 is 19.5 Å². The van der Waals surface area contributed by atoms with Gasteiger partial charge in [-0.15, -0.1) is 0 Å². The predicted molar refractivity (Wildman–Crippen MR) is 122 cm³/mol. The van der Waals surface area contributed by atoms with E-state index in [0.29, 0.717) is 39.5 Å². The summed E-state index contributed by atoms with van der Waals surface area (Å²) in [7, 11) is 0. The van der Waals surface area contributed by atoms with Crippen LogP contribution in [0.1, 0.15) is 27.2 Å². The van der Waals surface area contributed by atoms with Gasteiger partial charge in [0.25, 0.3) is 5.91 Å². The van der Waals surface area contributed by atoms with Crippen LogP contribution in [0.4, 0.5) is 5.69 Å². The lowest BCUT2D eigenvalue weighted by Gasteiger charge is -2.09. The number of aryl methyl sites for hydroxylation is 2. The fraction of sp³-hybridized carbons (Fsp3) is 0.154. The molecule has 0 saturated heterocycles. The number of benzene rings is 3. The zero-order chi connectivity index (χ0) is 22.9. The summed E-state index contributed by atoms with van der Waals surface area (Å²) >= 11 is 0. The molecule has 0 atom stereocenters. The third kappa shape index (κ3) is 4.01. The summed E-state index contributed by atoms with van der Waals surface area (Å²) in [5.74, 6) is 0.920. The van der Waals surface area contributed by atoms with Crippen LogP contribution in [0.5, 0.6) is 17.2 Å². The molecule has 0 unspecified atom stereocenters. The molecule has 0 aliphatic carbocycles. The molecule has 0 saturated carbocycles. The molecule has 1 aromatic heterocycles. The van der Waals surface area contributed by atoms with E-state index in [9.17, 15) is 9.59 Å². The van der Waals surface area contributed by atoms with E-state index in [-0.39, 0.29) is 24.9 Å². The summed E-state index contributed by atoms with van der Waals surface area (Å²) in [4.78, 5) is 26.0. The van der Waals surface area contributed by atoms with Crippen molar-refractivity contribution in [3.8, 4) is 17.2 Å². The molecular weight excluding hydrogens is 422 g/mol. The van der Waals surface area contributed by atoms with Crippen molar-refractivity contribution < 1.29 is 28.2 Å². The highest BCUT2D eigenvalue weighted by molar-refractivity contribution is 6.17. The molecule has 3 aromatic carbocycles. The Bertz CT molecular complexity index is 1390. The van der Waals surface area contributed by atoms with Crippen LogP contribution in [0, 0.1) is 13.8 Å². The molecular formula is C26H21NO6. The van der Waals surface area contributed by atoms with E-state index >= 15 is 0 Å². The molecule has 7 nitrogen and oxygen atoms in total. The molecule has 1 N–H and O–H groups in total. The molecule has 0 fully saturated rings. The highest BCUT2D eigenvalue weighted by Crippen LogP contribution is 2.36. The number of fused-ring (bicyclic) bond motifs is 2. The lowest BCUT2D eigenvalue weighted by molar-refractivity contribution is -0.118. The quantitative estimate of drug-likeness (QED) is 0.421. The Labute approximate surface area is 189 Å². The molecule has 1 amide bonds. The third-order valence-electron chi connectivity index (χ3n) is 5.55. The van der Waals surface area contributed by atoms with Gasteiger partial charge < -0.3 is 23.9 Å². The fourth-order valence-corrected chi connectivity index (χ4v) is 3.63. The number of hydrogen-bond donors (Lipinski definition) is 1. The first-order valence-electron chi connectivity index (χ1n) is 10.5. The lowest BCUT2D eigenvalue weighted by atomic mass is 10.1. The SMILES string of the molecule is Cc1ccc(OCC(=O)Nc2c(C(=O)c3ccc4c(c3)OCO4)oc3ccccc23)cc1C. The third-order valence-corrected chi connectivity index (χ3v) is 5.55. The number of ether oxygens (including phenoxy) is 3. The van der Waals surface area contributed by atoms with Crippen molar-refractivity contribution in [2.75, 3.05) is 18.7 Å². The van der Waals surface area contributed by atoms with Gasteiger partial charge in [0, 0.05) is 10.9 Å². The van der Waals surface area contributed by atoms with Crippen LogP contribution in [0.25, 0.3) is 11.0 Å². The van der Waals surface area contributed by atoms with E-state index in [1.165, 1.54) is 0 Å². The van der Waals surface area contributed by atoms with E-state index in [2.05, 4.69) is 5.32 Å². The van der Waals surface area contributed by atoms with Crippen LogP contribution in [0.2, 0.25) is 0 Å². The maximum atomic E-state index is 13.3. The smallest absolute Gasteiger partial charge is 0.262 e. The Hall–Kier alpha value is -4.26. The van der Waals surface area contributed by atoms with Gasteiger partial charge in [-0.3, -0.25) is 9.59 Å². The zero-order valence-electron chi connectivity index (χ0n) is 18.1. The van der Waals surface area contributed by atoms with Crippen molar-refractivity contribution >= 4 is 28.3 Å². The molecule has 4 aromatic rings. The standard InChI is InChI=1S/C26H21NO6/c1-15-7-9-18(11-16(15)2)30-13-23(28)27-24-19-5-3-4-6-20(19)33-26(24)25(29)17-8-10-21-22(12-17)32-14-31-21/h3-12H,13-14H2,1-2H3,(H,27,28). The van der Waals surface area contributed by atoms with Gasteiger partial charge in [0.15, 0.2) is 23.9 Å². The van der Waals surface area contributed by atoms with Crippen LogP contribution in [0.3, 0.4) is 0 Å². The first kappa shape index (κ1) is 20.6. The summed E-state index contributed by atoms with van der Waals surface area (Å²) < 4.78 is 22.2. The average Bonchev–Trinajstić information content (AvgIpc) is 3.44. The number of carbonyl (C=O) groups is 2. The largest absolute Gasteiger partial charge is 0.484 e. The van der Waals surface area contributed by atoms with Gasteiger partial charge in [0.05, 0.1) is 5.69 Å². The Morgan fingerprint density at radius 2 is 1.76 bits per heavy atom. The number of ketones is 1. The van der Waals surface area contributed by atoms with Crippen LogP contribution in [-0.4, -0.2) is 25.1 Å². The highest BCUT2D eigenvalue weighted by atomic mass is 16.7. The van der Waals surface area contributed by atoms with E-state index in [4.69, 9.17) is 18.6 Å². The normalized spacial score (nSPS) is 12.1. The fourth-order valence-electron chi connectivity index (χ4n) is 3.63. The van der Waals surface area contributed by atoms with E-state index in [1.54, 1.807) is 36.4 Å². The van der Waals surface area contributed by atoms with Crippen molar-refractivity contribution in [1.82, 2.24) is 0 Å². The number of amides is 1. The topological polar surface area (TPSA) is 87.0 Å². The van der Waals surface area contributed by atoms with Gasteiger partial charge in [-0.25, -0.2) is 0 Å². The molecule has 2 heterocycles. The summed E-state index contributed by atoms with van der Waals surface area (Å²) in [6, 6.07) is 17.7. The monoisotopic (exact) mass is 443 g/mol. The molecule has 33 heavy (non-hydrogen) atoms. The number of carbonyl (C=O) groups excluding carboxylic acids is 2. The highest BCUT2D eigenvalue weighted by Gasteiger charge is 2.25. The molecule has 5 rings (SSSR count). The predicted octanol–water partition coefficient (Wildman–Crippen LogP) is 5.03. The summed E-state index contributed by atoms with van der Waals surface area (Å²) in [5.41, 5.74) is 3.38. The van der Waals surface area contributed by atoms with Crippen LogP contribution in [-0.2, 0) is 4.79 Å². The minimum absolute atomic E-state index is 0.0367. The second kappa shape index (κ2) is 8.35. The van der Waals surface area contributed by atoms with Gasteiger partial charge in [-0.2, -0.15) is 0 Å². The first-order valence-corrected chi connectivity index (χ1v) is 10.5. The van der Waals surface area contributed by atoms with E-state index in [1.807, 2.05) is 38.1 Å². The Kier molecular flexibility index (Phi) is 5.22. The lowest BCUT2D eigenvalue weighted by Crippen LogP contribution is -2.21. The van der Waals surface area contributed by atoms with Crippen LogP contribution >= 0.6 is 0 Å². The summed E-state index contributed by atoms with van der Waals surface area (Å²) in [6.45, 7) is 3.89. The summed E-state index contributed by atoms with van der Waals surface area (Å²) in [5, 5.41) is 3.42. The molecule has 1 aliphatic heterocycles. The first-order chi connectivity index (χ1) is 16.0. The second-order valence-corrected chi connectivity index (χ2v) is 7.78.